The Morgan fingerprint density at radius 2 is 1.67 bits per heavy atom. The number of ether oxygens (including phenoxy) is 3. The van der Waals surface area contributed by atoms with Crippen molar-refractivity contribution >= 4 is 17.7 Å². The first kappa shape index (κ1) is 20.1. The van der Waals surface area contributed by atoms with Gasteiger partial charge in [-0.15, -0.1) is 0 Å². The standard InChI is InChI=1S/C18H23N3O6/c1-4-25-13-9-12(10-14(26-5-2)17(13)27-6-3)18(24)19-15-7-8-21(20-15)11-16(22)23/h7-10H,4-6,11H2,1-3H3,(H,22,23)(H,19,20,24). The van der Waals surface area contributed by atoms with Gasteiger partial charge in [0.05, 0.1) is 19.8 Å². The third-order valence-corrected chi connectivity index (χ3v) is 3.35. The second-order valence-electron chi connectivity index (χ2n) is 5.35. The van der Waals surface area contributed by atoms with Crippen molar-refractivity contribution in [2.45, 2.75) is 27.3 Å². The summed E-state index contributed by atoms with van der Waals surface area (Å²) in [6.07, 6.45) is 1.47. The molecule has 0 fully saturated rings. The molecule has 9 heteroatoms. The average molecular weight is 377 g/mol. The van der Waals surface area contributed by atoms with Crippen LogP contribution in [0.2, 0.25) is 0 Å². The second kappa shape index (κ2) is 9.46. The third kappa shape index (κ3) is 5.37. The number of nitrogens with zero attached hydrogens (tertiary/aromatic N) is 2. The molecule has 0 aliphatic carbocycles. The van der Waals surface area contributed by atoms with E-state index in [1.54, 1.807) is 12.1 Å². The molecule has 2 N–H and O–H groups in total. The zero-order valence-electron chi connectivity index (χ0n) is 15.5. The SMILES string of the molecule is CCOc1cc(C(=O)Nc2ccn(CC(=O)O)n2)cc(OCC)c1OCC. The van der Waals surface area contributed by atoms with E-state index in [4.69, 9.17) is 19.3 Å². The molecule has 2 aromatic rings. The molecule has 0 saturated heterocycles. The number of carboxylic acid groups (broad SMARTS) is 1. The van der Waals surface area contributed by atoms with E-state index in [0.29, 0.717) is 42.6 Å². The fourth-order valence-electron chi connectivity index (χ4n) is 2.36. The zero-order chi connectivity index (χ0) is 19.8. The molecule has 1 amide bonds. The Labute approximate surface area is 156 Å². The lowest BCUT2D eigenvalue weighted by molar-refractivity contribution is -0.137. The molecular formula is C18H23N3O6. The summed E-state index contributed by atoms with van der Waals surface area (Å²) in [5, 5.41) is 15.4. The predicted molar refractivity (Wildman–Crippen MR) is 97.8 cm³/mol. The minimum atomic E-state index is -1.02. The fraction of sp³-hybridized carbons (Fsp3) is 0.389. The van der Waals surface area contributed by atoms with Crippen molar-refractivity contribution in [2.75, 3.05) is 25.1 Å². The van der Waals surface area contributed by atoms with Gasteiger partial charge >= 0.3 is 5.97 Å². The quantitative estimate of drug-likeness (QED) is 0.654. The molecule has 2 rings (SSSR count). The lowest BCUT2D eigenvalue weighted by atomic mass is 10.1. The van der Waals surface area contributed by atoms with Gasteiger partial charge in [0.1, 0.15) is 6.54 Å². The first-order valence-corrected chi connectivity index (χ1v) is 8.61. The smallest absolute Gasteiger partial charge is 0.325 e. The fourth-order valence-corrected chi connectivity index (χ4v) is 2.36. The number of anilines is 1. The van der Waals surface area contributed by atoms with Crippen molar-refractivity contribution < 1.29 is 28.9 Å². The lowest BCUT2D eigenvalue weighted by Gasteiger charge is -2.16. The zero-order valence-corrected chi connectivity index (χ0v) is 15.5. The van der Waals surface area contributed by atoms with Crippen molar-refractivity contribution in [1.82, 2.24) is 9.78 Å². The number of benzene rings is 1. The van der Waals surface area contributed by atoms with Gasteiger partial charge in [-0.2, -0.15) is 5.10 Å². The molecule has 1 heterocycles. The second-order valence-corrected chi connectivity index (χ2v) is 5.35. The van der Waals surface area contributed by atoms with Crippen LogP contribution in [-0.2, 0) is 11.3 Å². The van der Waals surface area contributed by atoms with Gasteiger partial charge in [-0.05, 0) is 32.9 Å². The van der Waals surface area contributed by atoms with E-state index in [-0.39, 0.29) is 12.4 Å². The predicted octanol–water partition coefficient (Wildman–Crippen LogP) is 2.42. The lowest BCUT2D eigenvalue weighted by Crippen LogP contribution is -2.15. The summed E-state index contributed by atoms with van der Waals surface area (Å²) in [4.78, 5) is 23.3. The van der Waals surface area contributed by atoms with Crippen LogP contribution in [0, 0.1) is 0 Å². The number of nitrogens with one attached hydrogen (secondary N) is 1. The van der Waals surface area contributed by atoms with Crippen molar-refractivity contribution in [3.63, 3.8) is 0 Å². The van der Waals surface area contributed by atoms with Gasteiger partial charge in [0.15, 0.2) is 17.3 Å². The average Bonchev–Trinajstić information content (AvgIpc) is 3.04. The topological polar surface area (TPSA) is 112 Å². The highest BCUT2D eigenvalue weighted by Gasteiger charge is 2.19. The molecule has 0 saturated carbocycles. The van der Waals surface area contributed by atoms with Crippen LogP contribution >= 0.6 is 0 Å². The summed E-state index contributed by atoms with van der Waals surface area (Å²) in [5.74, 6) is 0.0546. The molecule has 0 aliphatic heterocycles. The number of amides is 1. The molecule has 146 valence electrons. The number of carbonyl (C=O) groups excluding carboxylic acids is 1. The number of hydrogen-bond donors (Lipinski definition) is 2. The van der Waals surface area contributed by atoms with Gasteiger partial charge in [-0.3, -0.25) is 14.3 Å². The minimum Gasteiger partial charge on any atom is -0.490 e. The number of aromatic nitrogens is 2. The Kier molecular flexibility index (Phi) is 7.04. The Bertz CT molecular complexity index is 775. The molecule has 0 spiro atoms. The largest absolute Gasteiger partial charge is 0.490 e. The summed E-state index contributed by atoms with van der Waals surface area (Å²) < 4.78 is 18.0. The van der Waals surface area contributed by atoms with E-state index in [9.17, 15) is 9.59 Å². The van der Waals surface area contributed by atoms with Crippen LogP contribution in [0.15, 0.2) is 24.4 Å². The van der Waals surface area contributed by atoms with Gasteiger partial charge in [0.2, 0.25) is 5.75 Å². The summed E-state index contributed by atoms with van der Waals surface area (Å²) in [5.41, 5.74) is 0.304. The highest BCUT2D eigenvalue weighted by Crippen LogP contribution is 2.39. The van der Waals surface area contributed by atoms with E-state index < -0.39 is 11.9 Å². The molecule has 1 aromatic carbocycles. The number of aliphatic carboxylic acids is 1. The number of rotatable bonds is 10. The van der Waals surface area contributed by atoms with E-state index >= 15 is 0 Å². The van der Waals surface area contributed by atoms with Crippen LogP contribution in [0.5, 0.6) is 17.2 Å². The molecule has 0 atom stereocenters. The first-order valence-electron chi connectivity index (χ1n) is 8.61. The van der Waals surface area contributed by atoms with Crippen LogP contribution in [0.1, 0.15) is 31.1 Å². The summed E-state index contributed by atoms with van der Waals surface area (Å²) in [7, 11) is 0. The number of hydrogen-bond acceptors (Lipinski definition) is 6. The van der Waals surface area contributed by atoms with Gasteiger partial charge in [-0.25, -0.2) is 0 Å². The minimum absolute atomic E-state index is 0.242. The van der Waals surface area contributed by atoms with Gasteiger partial charge in [-0.1, -0.05) is 0 Å². The molecule has 1 aromatic heterocycles. The van der Waals surface area contributed by atoms with Crippen LogP contribution in [0.25, 0.3) is 0 Å². The van der Waals surface area contributed by atoms with E-state index in [0.717, 1.165) is 0 Å². The highest BCUT2D eigenvalue weighted by atomic mass is 16.5. The Morgan fingerprint density at radius 1 is 1.07 bits per heavy atom. The monoisotopic (exact) mass is 377 g/mol. The normalized spacial score (nSPS) is 10.3. The molecule has 0 aliphatic rings. The number of carboxylic acids is 1. The van der Waals surface area contributed by atoms with E-state index in [2.05, 4.69) is 10.4 Å². The van der Waals surface area contributed by atoms with Crippen LogP contribution in [0.4, 0.5) is 5.82 Å². The molecule has 9 nitrogen and oxygen atoms in total. The Morgan fingerprint density at radius 3 is 2.19 bits per heavy atom. The van der Waals surface area contributed by atoms with Crippen LogP contribution in [0.3, 0.4) is 0 Å². The maximum absolute atomic E-state index is 12.6. The van der Waals surface area contributed by atoms with Gasteiger partial charge < -0.3 is 24.6 Å². The van der Waals surface area contributed by atoms with E-state index in [1.807, 2.05) is 20.8 Å². The van der Waals surface area contributed by atoms with Gasteiger partial charge in [0, 0.05) is 17.8 Å². The maximum atomic E-state index is 12.6. The van der Waals surface area contributed by atoms with Gasteiger partial charge in [0.25, 0.3) is 5.91 Å². The molecule has 27 heavy (non-hydrogen) atoms. The first-order chi connectivity index (χ1) is 13.0. The highest BCUT2D eigenvalue weighted by molar-refractivity contribution is 6.04. The molecular weight excluding hydrogens is 354 g/mol. The van der Waals surface area contributed by atoms with Crippen LogP contribution < -0.4 is 19.5 Å². The van der Waals surface area contributed by atoms with E-state index in [1.165, 1.54) is 16.9 Å². The van der Waals surface area contributed by atoms with Crippen molar-refractivity contribution in [3.8, 4) is 17.2 Å². The molecule has 0 radical (unpaired) electrons. The van der Waals surface area contributed by atoms with Crippen molar-refractivity contribution in [1.29, 1.82) is 0 Å². The summed E-state index contributed by atoms with van der Waals surface area (Å²) >= 11 is 0. The summed E-state index contributed by atoms with van der Waals surface area (Å²) in [6, 6.07) is 4.66. The maximum Gasteiger partial charge on any atom is 0.325 e. The summed E-state index contributed by atoms with van der Waals surface area (Å²) in [6.45, 7) is 6.44. The van der Waals surface area contributed by atoms with Crippen molar-refractivity contribution in [3.05, 3.63) is 30.0 Å². The molecule has 0 unspecified atom stereocenters. The Balaban J connectivity index is 2.28. The van der Waals surface area contributed by atoms with Crippen molar-refractivity contribution in [2.24, 2.45) is 0 Å². The van der Waals surface area contributed by atoms with Crippen LogP contribution in [-0.4, -0.2) is 46.6 Å². The third-order valence-electron chi connectivity index (χ3n) is 3.35. The molecule has 0 bridgehead atoms. The Hall–Kier alpha value is -3.23. The number of carbonyl (C=O) groups is 2.